The molecule has 1 fully saturated rings. The third-order valence-corrected chi connectivity index (χ3v) is 5.03. The molecule has 116 valence electrons. The third-order valence-electron chi connectivity index (χ3n) is 3.57. The van der Waals surface area contributed by atoms with Crippen molar-refractivity contribution in [1.82, 2.24) is 9.78 Å². The van der Waals surface area contributed by atoms with Gasteiger partial charge in [0.25, 0.3) is 5.56 Å². The van der Waals surface area contributed by atoms with Gasteiger partial charge in [0.1, 0.15) is 11.6 Å². The molecule has 0 bridgehead atoms. The molecular weight excluding hydrogens is 314 g/mol. The van der Waals surface area contributed by atoms with Crippen LogP contribution in [0.15, 0.2) is 11.0 Å². The van der Waals surface area contributed by atoms with Crippen LogP contribution in [0, 0.1) is 0 Å². The Bertz CT molecular complexity index is 578. The molecule has 1 N–H and O–H groups in total. The summed E-state index contributed by atoms with van der Waals surface area (Å²) >= 11 is 7.94. The second kappa shape index (κ2) is 7.17. The van der Waals surface area contributed by atoms with E-state index in [9.17, 15) is 9.59 Å². The zero-order chi connectivity index (χ0) is 15.4. The highest BCUT2D eigenvalue weighted by Gasteiger charge is 2.25. The first-order chi connectivity index (χ1) is 10.0. The van der Waals surface area contributed by atoms with Crippen molar-refractivity contribution in [3.05, 3.63) is 21.6 Å². The SMILES string of the molecule is COC(=O)Cn1ncc(NC2CCC(SC)C2)c(Cl)c1=O. The molecule has 6 nitrogen and oxygen atoms in total. The molecule has 1 aliphatic carbocycles. The molecule has 0 aromatic carbocycles. The molecule has 0 amide bonds. The quantitative estimate of drug-likeness (QED) is 0.829. The highest BCUT2D eigenvalue weighted by Crippen LogP contribution is 2.31. The minimum atomic E-state index is -0.542. The molecule has 2 rings (SSSR count). The fraction of sp³-hybridized carbons (Fsp3) is 0.615. The highest BCUT2D eigenvalue weighted by molar-refractivity contribution is 7.99. The van der Waals surface area contributed by atoms with Gasteiger partial charge in [-0.2, -0.15) is 16.9 Å². The molecule has 2 unspecified atom stereocenters. The number of carbonyl (C=O) groups excluding carboxylic acids is 1. The summed E-state index contributed by atoms with van der Waals surface area (Å²) in [5.74, 6) is -0.542. The number of rotatable bonds is 5. The summed E-state index contributed by atoms with van der Waals surface area (Å²) in [6.07, 6.45) is 6.84. The minimum Gasteiger partial charge on any atom is -0.468 e. The number of methoxy groups -OCH3 is 1. The lowest BCUT2D eigenvalue weighted by atomic mass is 10.2. The Balaban J connectivity index is 2.10. The molecule has 2 atom stereocenters. The first kappa shape index (κ1) is 16.2. The standard InChI is InChI=1S/C13H18ClN3O3S/c1-20-11(18)7-17-13(19)12(14)10(6-15-17)16-8-3-4-9(5-8)21-2/h6,8-9,16H,3-5,7H2,1-2H3. The predicted molar refractivity (Wildman–Crippen MR) is 84.1 cm³/mol. The Hall–Kier alpha value is -1.21. The maximum absolute atomic E-state index is 12.1. The first-order valence-electron chi connectivity index (χ1n) is 6.67. The van der Waals surface area contributed by atoms with Crippen LogP contribution in [0.4, 0.5) is 5.69 Å². The Kier molecular flexibility index (Phi) is 5.52. The van der Waals surface area contributed by atoms with E-state index in [4.69, 9.17) is 11.6 Å². The van der Waals surface area contributed by atoms with Gasteiger partial charge in [0.15, 0.2) is 0 Å². The summed E-state index contributed by atoms with van der Waals surface area (Å²) in [5, 5.41) is 7.94. The molecule has 0 saturated heterocycles. The van der Waals surface area contributed by atoms with Gasteiger partial charge >= 0.3 is 5.97 Å². The molecule has 0 radical (unpaired) electrons. The van der Waals surface area contributed by atoms with E-state index in [0.29, 0.717) is 17.0 Å². The van der Waals surface area contributed by atoms with Gasteiger partial charge in [-0.15, -0.1) is 0 Å². The summed E-state index contributed by atoms with van der Waals surface area (Å²) in [6.45, 7) is -0.243. The van der Waals surface area contributed by atoms with Crippen molar-refractivity contribution < 1.29 is 9.53 Å². The number of nitrogens with zero attached hydrogens (tertiary/aromatic N) is 2. The van der Waals surface area contributed by atoms with E-state index < -0.39 is 11.5 Å². The number of halogens is 1. The summed E-state index contributed by atoms with van der Waals surface area (Å²) in [4.78, 5) is 23.2. The van der Waals surface area contributed by atoms with Gasteiger partial charge < -0.3 is 10.1 Å². The van der Waals surface area contributed by atoms with E-state index in [1.54, 1.807) is 0 Å². The van der Waals surface area contributed by atoms with E-state index in [-0.39, 0.29) is 11.6 Å². The van der Waals surface area contributed by atoms with Crippen LogP contribution in [0.5, 0.6) is 0 Å². The van der Waals surface area contributed by atoms with Crippen molar-refractivity contribution in [3.8, 4) is 0 Å². The molecule has 0 aliphatic heterocycles. The maximum atomic E-state index is 12.1. The molecule has 1 aliphatic rings. The monoisotopic (exact) mass is 331 g/mol. The predicted octanol–water partition coefficient (Wildman–Crippen LogP) is 1.77. The molecule has 1 aromatic heterocycles. The van der Waals surface area contributed by atoms with Crippen molar-refractivity contribution in [1.29, 1.82) is 0 Å². The van der Waals surface area contributed by atoms with Crippen LogP contribution in [0.2, 0.25) is 5.02 Å². The molecule has 1 aromatic rings. The summed E-state index contributed by atoms with van der Waals surface area (Å²) in [5.41, 5.74) is 0.0287. The number of nitrogens with one attached hydrogen (secondary N) is 1. The summed E-state index contributed by atoms with van der Waals surface area (Å²) in [7, 11) is 1.26. The van der Waals surface area contributed by atoms with E-state index in [2.05, 4.69) is 21.4 Å². The number of carbonyl (C=O) groups is 1. The van der Waals surface area contributed by atoms with Crippen molar-refractivity contribution in [2.45, 2.75) is 37.1 Å². The number of esters is 1. The molecule has 1 heterocycles. The van der Waals surface area contributed by atoms with Crippen LogP contribution in [0.3, 0.4) is 0 Å². The number of hydrogen-bond acceptors (Lipinski definition) is 6. The number of aromatic nitrogens is 2. The van der Waals surface area contributed by atoms with Crippen LogP contribution in [-0.4, -0.2) is 40.4 Å². The maximum Gasteiger partial charge on any atom is 0.327 e. The van der Waals surface area contributed by atoms with Crippen molar-refractivity contribution in [2.24, 2.45) is 0 Å². The topological polar surface area (TPSA) is 73.2 Å². The second-order valence-corrected chi connectivity index (χ2v) is 6.44. The number of ether oxygens (including phenoxy) is 1. The lowest BCUT2D eigenvalue weighted by Gasteiger charge is -2.15. The van der Waals surface area contributed by atoms with Crippen LogP contribution in [0.1, 0.15) is 19.3 Å². The highest BCUT2D eigenvalue weighted by atomic mass is 35.5. The van der Waals surface area contributed by atoms with E-state index in [1.165, 1.54) is 13.3 Å². The number of anilines is 1. The zero-order valence-electron chi connectivity index (χ0n) is 12.0. The summed E-state index contributed by atoms with van der Waals surface area (Å²) < 4.78 is 5.51. The molecular formula is C13H18ClN3O3S. The van der Waals surface area contributed by atoms with Crippen molar-refractivity contribution in [2.75, 3.05) is 18.7 Å². The minimum absolute atomic E-state index is 0.0569. The smallest absolute Gasteiger partial charge is 0.327 e. The van der Waals surface area contributed by atoms with Gasteiger partial charge in [-0.25, -0.2) is 4.68 Å². The van der Waals surface area contributed by atoms with E-state index in [1.807, 2.05) is 11.8 Å². The van der Waals surface area contributed by atoms with Gasteiger partial charge in [-0.05, 0) is 25.5 Å². The number of thioether (sulfide) groups is 1. The van der Waals surface area contributed by atoms with Crippen LogP contribution < -0.4 is 10.9 Å². The Labute approximate surface area is 132 Å². The lowest BCUT2D eigenvalue weighted by molar-refractivity contribution is -0.141. The van der Waals surface area contributed by atoms with Crippen molar-refractivity contribution >= 4 is 35.0 Å². The average molecular weight is 332 g/mol. The van der Waals surface area contributed by atoms with Gasteiger partial charge in [0.2, 0.25) is 0 Å². The Morgan fingerprint density at radius 2 is 2.38 bits per heavy atom. The summed E-state index contributed by atoms with van der Waals surface area (Å²) in [6, 6.07) is 0.303. The van der Waals surface area contributed by atoms with E-state index in [0.717, 1.165) is 23.9 Å². The fourth-order valence-corrected chi connectivity index (χ4v) is 3.37. The average Bonchev–Trinajstić information content (AvgIpc) is 2.94. The number of hydrogen-bond donors (Lipinski definition) is 1. The fourth-order valence-electron chi connectivity index (χ4n) is 2.37. The van der Waals surface area contributed by atoms with Gasteiger partial charge in [0, 0.05) is 11.3 Å². The van der Waals surface area contributed by atoms with Gasteiger partial charge in [-0.3, -0.25) is 9.59 Å². The van der Waals surface area contributed by atoms with Crippen LogP contribution in [0.25, 0.3) is 0 Å². The molecule has 8 heteroatoms. The zero-order valence-corrected chi connectivity index (χ0v) is 13.5. The van der Waals surface area contributed by atoms with E-state index >= 15 is 0 Å². The Morgan fingerprint density at radius 1 is 1.62 bits per heavy atom. The normalized spacial score (nSPS) is 21.3. The largest absolute Gasteiger partial charge is 0.468 e. The first-order valence-corrected chi connectivity index (χ1v) is 8.33. The third kappa shape index (κ3) is 3.91. The molecule has 0 spiro atoms. The van der Waals surface area contributed by atoms with Crippen LogP contribution >= 0.6 is 23.4 Å². The second-order valence-electron chi connectivity index (χ2n) is 4.92. The Morgan fingerprint density at radius 3 is 3.00 bits per heavy atom. The van der Waals surface area contributed by atoms with Gasteiger partial charge in [-0.1, -0.05) is 11.6 Å². The molecule has 21 heavy (non-hydrogen) atoms. The van der Waals surface area contributed by atoms with Crippen molar-refractivity contribution in [3.63, 3.8) is 0 Å². The lowest BCUT2D eigenvalue weighted by Crippen LogP contribution is -2.29. The van der Waals surface area contributed by atoms with Crippen LogP contribution in [-0.2, 0) is 16.1 Å². The molecule has 1 saturated carbocycles. The van der Waals surface area contributed by atoms with Gasteiger partial charge in [0.05, 0.1) is 19.0 Å².